The molecular weight excluding hydrogens is 894 g/mol. The maximum atomic E-state index is 12.8. The number of nitrogens with zero attached hydrogens (tertiary/aromatic N) is 1. The predicted octanol–water partition coefficient (Wildman–Crippen LogP) is 18.2. The molecule has 70 heavy (non-hydrogen) atoms. The van der Waals surface area contributed by atoms with Crippen LogP contribution in [0.25, 0.3) is 0 Å². The van der Waals surface area contributed by atoms with E-state index in [1.807, 2.05) is 21.1 Å². The monoisotopic (exact) mass is 1010 g/mol. The lowest BCUT2D eigenvalue weighted by Crippen LogP contribution is -2.37. The van der Waals surface area contributed by atoms with E-state index in [1.54, 1.807) is 0 Å². The average Bonchev–Trinajstić information content (AvgIpc) is 3.32. The van der Waals surface area contributed by atoms with Crippen LogP contribution in [0.4, 0.5) is 0 Å². The number of esters is 2. The molecular formula is C60H118NO8P. The molecule has 0 aromatic rings. The van der Waals surface area contributed by atoms with E-state index >= 15 is 0 Å². The van der Waals surface area contributed by atoms with Crippen LogP contribution in [0.3, 0.4) is 0 Å². The van der Waals surface area contributed by atoms with Gasteiger partial charge >= 0.3 is 11.9 Å². The van der Waals surface area contributed by atoms with Crippen molar-refractivity contribution >= 4 is 19.8 Å². The van der Waals surface area contributed by atoms with Crippen LogP contribution < -0.4 is 4.89 Å². The molecule has 0 N–H and O–H groups in total. The summed E-state index contributed by atoms with van der Waals surface area (Å²) in [7, 11) is 1.18. The zero-order valence-corrected chi connectivity index (χ0v) is 48.1. The summed E-state index contributed by atoms with van der Waals surface area (Å²) < 4.78 is 34.2. The van der Waals surface area contributed by atoms with Crippen LogP contribution in [0.15, 0.2) is 12.2 Å². The van der Waals surface area contributed by atoms with Crippen LogP contribution in [0, 0.1) is 0 Å². The van der Waals surface area contributed by atoms with Crippen LogP contribution in [-0.4, -0.2) is 70.0 Å². The van der Waals surface area contributed by atoms with Gasteiger partial charge in [0.1, 0.15) is 19.8 Å². The minimum absolute atomic E-state index is 0.0274. The first kappa shape index (κ1) is 68.8. The number of allylic oxidation sites excluding steroid dienone is 2. The topological polar surface area (TPSA) is 111 Å². The van der Waals surface area contributed by atoms with E-state index in [-0.39, 0.29) is 32.0 Å². The Morgan fingerprint density at radius 1 is 0.429 bits per heavy atom. The molecule has 10 heteroatoms. The first-order valence-electron chi connectivity index (χ1n) is 30.4. The molecule has 0 aliphatic rings. The molecule has 0 heterocycles. The van der Waals surface area contributed by atoms with Crippen molar-refractivity contribution < 1.29 is 42.1 Å². The second-order valence-corrected chi connectivity index (χ2v) is 23.5. The maximum Gasteiger partial charge on any atom is 0.306 e. The molecule has 0 bridgehead atoms. The largest absolute Gasteiger partial charge is 0.756 e. The van der Waals surface area contributed by atoms with Gasteiger partial charge in [-0.3, -0.25) is 14.2 Å². The van der Waals surface area contributed by atoms with Gasteiger partial charge in [-0.05, 0) is 38.5 Å². The smallest absolute Gasteiger partial charge is 0.306 e. The number of ether oxygens (including phenoxy) is 2. The number of likely N-dealkylation sites (N-methyl/N-ethyl adjacent to an activating group) is 1. The van der Waals surface area contributed by atoms with E-state index in [1.165, 1.54) is 238 Å². The second-order valence-electron chi connectivity index (χ2n) is 22.1. The molecule has 416 valence electrons. The van der Waals surface area contributed by atoms with E-state index in [4.69, 9.17) is 18.5 Å². The third kappa shape index (κ3) is 56.1. The lowest BCUT2D eigenvalue weighted by molar-refractivity contribution is -0.870. The van der Waals surface area contributed by atoms with Gasteiger partial charge in [-0.2, -0.15) is 0 Å². The van der Waals surface area contributed by atoms with Crippen LogP contribution in [0.5, 0.6) is 0 Å². The number of phosphoric ester groups is 1. The van der Waals surface area contributed by atoms with Gasteiger partial charge in [0.05, 0.1) is 27.7 Å². The van der Waals surface area contributed by atoms with E-state index in [2.05, 4.69) is 26.0 Å². The minimum Gasteiger partial charge on any atom is -0.756 e. The minimum atomic E-state index is -4.63. The SMILES string of the molecule is CCCCCCCCCC/C=C\CCCCCCCCCCCC(=O)OC(COC(=O)CCCCCCCCCCCCCCCCCCCCCCCCCCC)COP(=O)([O-])OCC[N+](C)(C)C. The Morgan fingerprint density at radius 2 is 0.729 bits per heavy atom. The highest BCUT2D eigenvalue weighted by Gasteiger charge is 2.22. The number of phosphoric acid groups is 1. The number of quaternary nitrogens is 1. The quantitative estimate of drug-likeness (QED) is 0.0195. The van der Waals surface area contributed by atoms with Crippen molar-refractivity contribution in [2.24, 2.45) is 0 Å². The first-order chi connectivity index (χ1) is 34.0. The second kappa shape index (κ2) is 52.6. The number of unbranched alkanes of at least 4 members (excludes halogenated alkanes) is 41. The highest BCUT2D eigenvalue weighted by atomic mass is 31.2. The summed E-state index contributed by atoms with van der Waals surface area (Å²) >= 11 is 0. The van der Waals surface area contributed by atoms with Crippen molar-refractivity contribution in [3.05, 3.63) is 12.2 Å². The van der Waals surface area contributed by atoms with Crippen LogP contribution in [0.2, 0.25) is 0 Å². The van der Waals surface area contributed by atoms with Crippen molar-refractivity contribution in [1.29, 1.82) is 0 Å². The van der Waals surface area contributed by atoms with Gasteiger partial charge in [-0.25, -0.2) is 0 Å². The molecule has 2 unspecified atom stereocenters. The molecule has 0 aliphatic carbocycles. The summed E-state index contributed by atoms with van der Waals surface area (Å²) in [5.74, 6) is -0.816. The Kier molecular flexibility index (Phi) is 51.7. The predicted molar refractivity (Wildman–Crippen MR) is 296 cm³/mol. The summed E-state index contributed by atoms with van der Waals surface area (Å²) in [6, 6.07) is 0. The third-order valence-electron chi connectivity index (χ3n) is 13.8. The van der Waals surface area contributed by atoms with Gasteiger partial charge in [0.15, 0.2) is 6.10 Å². The molecule has 0 saturated heterocycles. The molecule has 9 nitrogen and oxygen atoms in total. The molecule has 0 aliphatic heterocycles. The lowest BCUT2D eigenvalue weighted by atomic mass is 10.0. The van der Waals surface area contributed by atoms with Crippen LogP contribution in [-0.2, 0) is 32.7 Å². The Morgan fingerprint density at radius 3 is 1.06 bits per heavy atom. The zero-order valence-electron chi connectivity index (χ0n) is 47.2. The Balaban J connectivity index is 4.09. The van der Waals surface area contributed by atoms with Crippen LogP contribution in [0.1, 0.15) is 309 Å². The number of rotatable bonds is 57. The standard InChI is InChI=1S/C60H118NO8P/c1-6-8-10-12-14-16-18-20-22-24-26-28-29-30-31-33-34-36-38-40-42-44-46-48-50-52-59(62)66-56-58(57-68-70(64,65)67-55-54-61(3,4)5)69-60(63)53-51-49-47-45-43-41-39-37-35-32-27-25-23-21-19-17-15-13-11-9-7-2/h25,27,58H,6-24,26,28-57H2,1-5H3/b27-25-. The normalized spacial score (nSPS) is 13.3. The number of carbonyl (C=O) groups is 2. The van der Waals surface area contributed by atoms with E-state index < -0.39 is 26.5 Å². The summed E-state index contributed by atoms with van der Waals surface area (Å²) in [5, 5.41) is 0. The van der Waals surface area contributed by atoms with Crippen molar-refractivity contribution in [3.8, 4) is 0 Å². The Bertz CT molecular complexity index is 1190. The molecule has 0 amide bonds. The van der Waals surface area contributed by atoms with Gasteiger partial charge in [0.2, 0.25) is 0 Å². The molecule has 0 rings (SSSR count). The lowest BCUT2D eigenvalue weighted by Gasteiger charge is -2.28. The van der Waals surface area contributed by atoms with Gasteiger partial charge in [0, 0.05) is 12.8 Å². The fourth-order valence-corrected chi connectivity index (χ4v) is 9.80. The fraction of sp³-hybridized carbons (Fsp3) is 0.933. The number of carbonyl (C=O) groups excluding carboxylic acids is 2. The molecule has 0 aromatic carbocycles. The van der Waals surface area contributed by atoms with Crippen LogP contribution >= 0.6 is 7.82 Å². The van der Waals surface area contributed by atoms with Gasteiger partial charge in [-0.15, -0.1) is 0 Å². The zero-order chi connectivity index (χ0) is 51.3. The summed E-state index contributed by atoms with van der Waals surface area (Å²) in [4.78, 5) is 37.9. The number of hydrogen-bond acceptors (Lipinski definition) is 8. The Hall–Kier alpha value is -1.25. The summed E-state index contributed by atoms with van der Waals surface area (Å²) in [6.45, 7) is 4.30. The average molecular weight is 1010 g/mol. The van der Waals surface area contributed by atoms with E-state index in [0.29, 0.717) is 17.4 Å². The third-order valence-corrected chi connectivity index (χ3v) is 14.7. The summed E-state index contributed by atoms with van der Waals surface area (Å²) in [5.41, 5.74) is 0. The molecule has 2 atom stereocenters. The van der Waals surface area contributed by atoms with Gasteiger partial charge < -0.3 is 27.9 Å². The van der Waals surface area contributed by atoms with Crippen molar-refractivity contribution in [3.63, 3.8) is 0 Å². The number of hydrogen-bond donors (Lipinski definition) is 0. The maximum absolute atomic E-state index is 12.8. The van der Waals surface area contributed by atoms with Crippen molar-refractivity contribution in [1.82, 2.24) is 0 Å². The first-order valence-corrected chi connectivity index (χ1v) is 31.9. The van der Waals surface area contributed by atoms with Gasteiger partial charge in [-0.1, -0.05) is 270 Å². The van der Waals surface area contributed by atoms with Gasteiger partial charge in [0.25, 0.3) is 7.82 Å². The van der Waals surface area contributed by atoms with E-state index in [0.717, 1.165) is 38.5 Å². The highest BCUT2D eigenvalue weighted by molar-refractivity contribution is 7.45. The van der Waals surface area contributed by atoms with E-state index in [9.17, 15) is 19.0 Å². The fourth-order valence-electron chi connectivity index (χ4n) is 9.07. The highest BCUT2D eigenvalue weighted by Crippen LogP contribution is 2.38. The molecule has 0 radical (unpaired) electrons. The van der Waals surface area contributed by atoms with Crippen molar-refractivity contribution in [2.45, 2.75) is 315 Å². The molecule has 0 fully saturated rings. The summed E-state index contributed by atoms with van der Waals surface area (Å²) in [6.07, 6.45) is 61.2. The molecule has 0 aromatic heterocycles. The molecule has 0 spiro atoms. The van der Waals surface area contributed by atoms with Crippen molar-refractivity contribution in [2.75, 3.05) is 47.5 Å². The Labute approximate surface area is 435 Å². The molecule has 0 saturated carbocycles.